The van der Waals surface area contributed by atoms with Crippen LogP contribution in [-0.2, 0) is 41.7 Å². The van der Waals surface area contributed by atoms with E-state index in [-0.39, 0.29) is 13.0 Å². The summed E-state index contributed by atoms with van der Waals surface area (Å²) in [6.07, 6.45) is -1.50. The highest BCUT2D eigenvalue weighted by Gasteiger charge is 2.31. The molecule has 0 heterocycles. The molecule has 0 radical (unpaired) electrons. The third kappa shape index (κ3) is 9.98. The van der Waals surface area contributed by atoms with Crippen LogP contribution in [0.25, 0.3) is 0 Å². The molecule has 12 heteroatoms. The molecule has 0 spiro atoms. The second-order valence-corrected chi connectivity index (χ2v) is 7.95. The van der Waals surface area contributed by atoms with Gasteiger partial charge in [-0.1, -0.05) is 60.7 Å². The van der Waals surface area contributed by atoms with Crippen LogP contribution in [0.1, 0.15) is 17.5 Å². The lowest BCUT2D eigenvalue weighted by atomic mass is 10.0. The van der Waals surface area contributed by atoms with E-state index in [4.69, 9.17) is 15.2 Å². The second-order valence-electron chi connectivity index (χ2n) is 7.95. The molecule has 6 N–H and O–H groups in total. The van der Waals surface area contributed by atoms with Crippen molar-refractivity contribution >= 4 is 29.8 Å². The molecule has 3 atom stereocenters. The highest BCUT2D eigenvalue weighted by Crippen LogP contribution is 2.06. The maximum absolute atomic E-state index is 12.9. The van der Waals surface area contributed by atoms with Crippen molar-refractivity contribution in [1.82, 2.24) is 16.0 Å². The number of ether oxygens (including phenoxy) is 2. The molecule has 2 aromatic carbocycles. The van der Waals surface area contributed by atoms with Crippen molar-refractivity contribution in [2.45, 2.75) is 37.6 Å². The van der Waals surface area contributed by atoms with E-state index in [1.807, 2.05) is 0 Å². The molecular weight excluding hydrogens is 484 g/mol. The number of benzene rings is 2. The Morgan fingerprint density at radius 1 is 0.811 bits per heavy atom. The summed E-state index contributed by atoms with van der Waals surface area (Å²) in [6.45, 7) is -0.897. The van der Waals surface area contributed by atoms with E-state index in [2.05, 4.69) is 16.0 Å². The summed E-state index contributed by atoms with van der Waals surface area (Å²) in [5.74, 6) is -3.51. The number of aliphatic hydroxyl groups is 1. The van der Waals surface area contributed by atoms with Crippen molar-refractivity contribution in [3.63, 3.8) is 0 Å². The smallest absolute Gasteiger partial charge is 0.408 e. The molecule has 2 rings (SSSR count). The van der Waals surface area contributed by atoms with Crippen LogP contribution in [-0.4, -0.2) is 66.7 Å². The standard InChI is InChI=1S/C25H30N4O8/c1-36-24(34)19(12-16-8-4-2-5-9-16)28-22(32)18(13-21(26)31)27-23(33)20(14-30)29-25(35)37-15-17-10-6-3-7-11-17/h2-11,18-20,30H,12-15H2,1H3,(H2,26,31)(H,27,33)(H,28,32)(H,29,35)/t18-,19-,20-/m0/s1. The first-order valence-electron chi connectivity index (χ1n) is 11.3. The molecule has 0 unspecified atom stereocenters. The third-order valence-corrected chi connectivity index (χ3v) is 5.13. The molecule has 12 nitrogen and oxygen atoms in total. The number of amides is 4. The van der Waals surface area contributed by atoms with Crippen LogP contribution in [0.4, 0.5) is 4.79 Å². The Morgan fingerprint density at radius 3 is 1.89 bits per heavy atom. The minimum Gasteiger partial charge on any atom is -0.467 e. The Kier molecular flexibility index (Phi) is 11.5. The number of aliphatic hydroxyl groups excluding tert-OH is 1. The van der Waals surface area contributed by atoms with Crippen LogP contribution in [0, 0.1) is 0 Å². The molecule has 0 bridgehead atoms. The van der Waals surface area contributed by atoms with Gasteiger partial charge < -0.3 is 36.3 Å². The minimum absolute atomic E-state index is 0.0739. The summed E-state index contributed by atoms with van der Waals surface area (Å²) < 4.78 is 9.78. The highest BCUT2D eigenvalue weighted by molar-refractivity contribution is 5.95. The topological polar surface area (TPSA) is 186 Å². The SMILES string of the molecule is COC(=O)[C@H](Cc1ccccc1)NC(=O)[C@H](CC(N)=O)NC(=O)[C@H](CO)NC(=O)OCc1ccccc1. The van der Waals surface area contributed by atoms with Crippen molar-refractivity contribution < 1.29 is 38.6 Å². The first-order chi connectivity index (χ1) is 17.7. The van der Waals surface area contributed by atoms with E-state index in [0.29, 0.717) is 5.56 Å². The van der Waals surface area contributed by atoms with Crippen LogP contribution in [0.5, 0.6) is 0 Å². The van der Waals surface area contributed by atoms with Gasteiger partial charge in [-0.2, -0.15) is 0 Å². The predicted molar refractivity (Wildman–Crippen MR) is 130 cm³/mol. The van der Waals surface area contributed by atoms with Gasteiger partial charge in [-0.3, -0.25) is 14.4 Å². The zero-order valence-electron chi connectivity index (χ0n) is 20.2. The average molecular weight is 515 g/mol. The minimum atomic E-state index is -1.50. The fourth-order valence-electron chi connectivity index (χ4n) is 3.24. The Morgan fingerprint density at radius 2 is 1.35 bits per heavy atom. The zero-order valence-corrected chi connectivity index (χ0v) is 20.2. The summed E-state index contributed by atoms with van der Waals surface area (Å²) in [6, 6.07) is 13.5. The maximum atomic E-state index is 12.9. The van der Waals surface area contributed by atoms with E-state index in [0.717, 1.165) is 12.7 Å². The molecule has 37 heavy (non-hydrogen) atoms. The summed E-state index contributed by atoms with van der Waals surface area (Å²) in [5.41, 5.74) is 6.66. The number of carbonyl (C=O) groups is 5. The second kappa shape index (κ2) is 14.8. The molecule has 0 aliphatic heterocycles. The van der Waals surface area contributed by atoms with Gasteiger partial charge >= 0.3 is 12.1 Å². The van der Waals surface area contributed by atoms with Crippen LogP contribution < -0.4 is 21.7 Å². The number of carbonyl (C=O) groups excluding carboxylic acids is 5. The quantitative estimate of drug-likeness (QED) is 0.222. The van der Waals surface area contributed by atoms with Gasteiger partial charge in [0.25, 0.3) is 0 Å². The molecule has 0 aliphatic rings. The molecule has 0 fully saturated rings. The van der Waals surface area contributed by atoms with Crippen molar-refractivity contribution in [2.24, 2.45) is 5.73 Å². The molecule has 2 aromatic rings. The number of methoxy groups -OCH3 is 1. The fraction of sp³-hybridized carbons (Fsp3) is 0.320. The number of nitrogens with one attached hydrogen (secondary N) is 3. The van der Waals surface area contributed by atoms with E-state index in [9.17, 15) is 29.1 Å². The van der Waals surface area contributed by atoms with Crippen molar-refractivity contribution in [3.05, 3.63) is 71.8 Å². The third-order valence-electron chi connectivity index (χ3n) is 5.13. The molecule has 0 saturated carbocycles. The van der Waals surface area contributed by atoms with Gasteiger partial charge in [0.1, 0.15) is 24.7 Å². The largest absolute Gasteiger partial charge is 0.467 e. The Bertz CT molecular complexity index is 1060. The van der Waals surface area contributed by atoms with E-state index >= 15 is 0 Å². The lowest BCUT2D eigenvalue weighted by Crippen LogP contribution is -2.57. The average Bonchev–Trinajstić information content (AvgIpc) is 2.90. The predicted octanol–water partition coefficient (Wildman–Crippen LogP) is -0.466. The number of rotatable bonds is 13. The fourth-order valence-corrected chi connectivity index (χ4v) is 3.24. The summed E-state index contributed by atoms with van der Waals surface area (Å²) >= 11 is 0. The summed E-state index contributed by atoms with van der Waals surface area (Å²) in [7, 11) is 1.16. The molecule has 0 saturated heterocycles. The maximum Gasteiger partial charge on any atom is 0.408 e. The Balaban J connectivity index is 2.03. The molecule has 4 amide bonds. The lowest BCUT2D eigenvalue weighted by molar-refractivity contribution is -0.145. The molecular formula is C25H30N4O8. The van der Waals surface area contributed by atoms with Crippen molar-refractivity contribution in [2.75, 3.05) is 13.7 Å². The monoisotopic (exact) mass is 514 g/mol. The number of hydrogen-bond acceptors (Lipinski definition) is 8. The van der Waals surface area contributed by atoms with Gasteiger partial charge in [0.05, 0.1) is 20.1 Å². The number of alkyl carbamates (subject to hydrolysis) is 1. The zero-order chi connectivity index (χ0) is 27.2. The van der Waals surface area contributed by atoms with Crippen LogP contribution in [0.2, 0.25) is 0 Å². The van der Waals surface area contributed by atoms with E-state index < -0.39 is 60.9 Å². The number of primary amides is 1. The summed E-state index contributed by atoms with van der Waals surface area (Å²) in [5, 5.41) is 16.5. The normalized spacial score (nSPS) is 12.8. The van der Waals surface area contributed by atoms with Gasteiger partial charge in [0.15, 0.2) is 0 Å². The molecule has 0 aromatic heterocycles. The summed E-state index contributed by atoms with van der Waals surface area (Å²) in [4.78, 5) is 61.5. The van der Waals surface area contributed by atoms with Crippen LogP contribution in [0.15, 0.2) is 60.7 Å². The first-order valence-corrected chi connectivity index (χ1v) is 11.3. The number of nitrogens with two attached hydrogens (primary N) is 1. The first kappa shape index (κ1) is 28.8. The van der Waals surface area contributed by atoms with Gasteiger partial charge in [-0.25, -0.2) is 9.59 Å². The van der Waals surface area contributed by atoms with E-state index in [1.54, 1.807) is 60.7 Å². The lowest BCUT2D eigenvalue weighted by Gasteiger charge is -2.23. The molecule has 0 aliphatic carbocycles. The van der Waals surface area contributed by atoms with Gasteiger partial charge in [0.2, 0.25) is 17.7 Å². The van der Waals surface area contributed by atoms with Gasteiger partial charge in [0, 0.05) is 6.42 Å². The number of hydrogen-bond donors (Lipinski definition) is 5. The van der Waals surface area contributed by atoms with Gasteiger partial charge in [-0.05, 0) is 11.1 Å². The van der Waals surface area contributed by atoms with Gasteiger partial charge in [-0.15, -0.1) is 0 Å². The number of esters is 1. The van der Waals surface area contributed by atoms with Crippen LogP contribution in [0.3, 0.4) is 0 Å². The van der Waals surface area contributed by atoms with E-state index in [1.165, 1.54) is 0 Å². The Labute approximate surface area is 213 Å². The molecule has 198 valence electrons. The highest BCUT2D eigenvalue weighted by atomic mass is 16.5. The Hall–Kier alpha value is -4.45. The van der Waals surface area contributed by atoms with Crippen LogP contribution >= 0.6 is 0 Å². The van der Waals surface area contributed by atoms with Crippen molar-refractivity contribution in [3.8, 4) is 0 Å². The van der Waals surface area contributed by atoms with Crippen molar-refractivity contribution in [1.29, 1.82) is 0 Å².